The van der Waals surface area contributed by atoms with Gasteiger partial charge in [-0.1, -0.05) is 18.2 Å². The molecule has 3 aromatic rings. The highest BCUT2D eigenvalue weighted by Gasteiger charge is 2.24. The molecule has 26 heavy (non-hydrogen) atoms. The highest BCUT2D eigenvalue weighted by molar-refractivity contribution is 5.92. The maximum Gasteiger partial charge on any atom is 0.275 e. The molecule has 1 aliphatic heterocycles. The number of hydrogen-bond donors (Lipinski definition) is 1. The lowest BCUT2D eigenvalue weighted by atomic mass is 10.2. The largest absolute Gasteiger partial charge is 0.444 e. The molecule has 0 bridgehead atoms. The van der Waals surface area contributed by atoms with E-state index >= 15 is 0 Å². The van der Waals surface area contributed by atoms with Gasteiger partial charge in [0, 0.05) is 31.9 Å². The van der Waals surface area contributed by atoms with Crippen molar-refractivity contribution < 1.29 is 9.21 Å². The first-order valence-corrected chi connectivity index (χ1v) is 8.29. The Hall–Kier alpha value is -2.64. The van der Waals surface area contributed by atoms with Crippen molar-refractivity contribution in [3.63, 3.8) is 0 Å². The van der Waals surface area contributed by atoms with Gasteiger partial charge < -0.3 is 14.6 Å². The lowest BCUT2D eigenvalue weighted by Gasteiger charge is -2.31. The third kappa shape index (κ3) is 3.63. The fourth-order valence-corrected chi connectivity index (χ4v) is 2.94. The lowest BCUT2D eigenvalue weighted by Crippen LogP contribution is -2.51. The normalized spacial score (nSPS) is 17.0. The number of carbonyl (C=O) groups excluding carboxylic acids is 1. The van der Waals surface area contributed by atoms with Gasteiger partial charge in [-0.15, -0.1) is 12.4 Å². The summed E-state index contributed by atoms with van der Waals surface area (Å²) in [6.07, 6.45) is 4.94. The first-order valence-electron chi connectivity index (χ1n) is 8.29. The van der Waals surface area contributed by atoms with Gasteiger partial charge in [0.15, 0.2) is 5.69 Å². The molecule has 4 rings (SSSR count). The van der Waals surface area contributed by atoms with Crippen LogP contribution in [-0.4, -0.2) is 51.2 Å². The monoisotopic (exact) mass is 373 g/mol. The number of benzene rings is 1. The number of nitrogens with one attached hydrogen (secondary N) is 1. The van der Waals surface area contributed by atoms with Crippen molar-refractivity contribution in [2.75, 3.05) is 19.6 Å². The van der Waals surface area contributed by atoms with Crippen LogP contribution in [0.3, 0.4) is 0 Å². The molecule has 7 nitrogen and oxygen atoms in total. The summed E-state index contributed by atoms with van der Waals surface area (Å²) in [4.78, 5) is 18.7. The number of amides is 1. The summed E-state index contributed by atoms with van der Waals surface area (Å²) in [5, 5.41) is 7.65. The highest BCUT2D eigenvalue weighted by atomic mass is 35.5. The molecule has 3 heterocycles. The van der Waals surface area contributed by atoms with Crippen molar-refractivity contribution >= 4 is 18.3 Å². The number of carbonyl (C=O) groups is 1. The van der Waals surface area contributed by atoms with Crippen molar-refractivity contribution in [1.29, 1.82) is 0 Å². The Labute approximate surface area is 157 Å². The fourth-order valence-electron chi connectivity index (χ4n) is 2.94. The van der Waals surface area contributed by atoms with E-state index in [2.05, 4.69) is 22.3 Å². The van der Waals surface area contributed by atoms with Gasteiger partial charge in [0.1, 0.15) is 6.26 Å². The number of para-hydroxylation sites is 1. The average Bonchev–Trinajstić information content (AvgIpc) is 3.31. The van der Waals surface area contributed by atoms with Crippen molar-refractivity contribution in [3.05, 3.63) is 54.7 Å². The Morgan fingerprint density at radius 2 is 2.12 bits per heavy atom. The SMILES string of the molecule is C[C@H]1CN(C(=O)c2coc(-c3cnn(-c4ccccc4)c3)n2)CCN1.Cl. The van der Waals surface area contributed by atoms with Gasteiger partial charge in [0.05, 0.1) is 17.4 Å². The zero-order valence-corrected chi connectivity index (χ0v) is 15.1. The van der Waals surface area contributed by atoms with Crippen LogP contribution in [0, 0.1) is 0 Å². The van der Waals surface area contributed by atoms with Crippen molar-refractivity contribution in [2.24, 2.45) is 0 Å². The van der Waals surface area contributed by atoms with Crippen LogP contribution < -0.4 is 5.32 Å². The molecule has 1 aliphatic rings. The number of aromatic nitrogens is 3. The Morgan fingerprint density at radius 3 is 2.88 bits per heavy atom. The van der Waals surface area contributed by atoms with Crippen molar-refractivity contribution in [2.45, 2.75) is 13.0 Å². The summed E-state index contributed by atoms with van der Waals surface area (Å²) in [5.41, 5.74) is 2.01. The number of hydrogen-bond acceptors (Lipinski definition) is 5. The molecule has 1 N–H and O–H groups in total. The van der Waals surface area contributed by atoms with Crippen LogP contribution in [0.25, 0.3) is 17.1 Å². The molecule has 0 aliphatic carbocycles. The molecule has 2 aromatic heterocycles. The van der Waals surface area contributed by atoms with Crippen LogP contribution in [0.2, 0.25) is 0 Å². The smallest absolute Gasteiger partial charge is 0.275 e. The molecule has 0 saturated carbocycles. The molecule has 0 unspecified atom stereocenters. The molecule has 1 aromatic carbocycles. The topological polar surface area (TPSA) is 76.2 Å². The summed E-state index contributed by atoms with van der Waals surface area (Å²) in [5.74, 6) is 0.299. The Balaban J connectivity index is 0.00000196. The van der Waals surface area contributed by atoms with E-state index in [-0.39, 0.29) is 24.4 Å². The number of nitrogens with zero attached hydrogens (tertiary/aromatic N) is 4. The van der Waals surface area contributed by atoms with E-state index in [9.17, 15) is 4.79 Å². The van der Waals surface area contributed by atoms with Crippen molar-refractivity contribution in [3.8, 4) is 17.1 Å². The second-order valence-electron chi connectivity index (χ2n) is 6.15. The molecular formula is C18H20ClN5O2. The minimum Gasteiger partial charge on any atom is -0.444 e. The van der Waals surface area contributed by atoms with E-state index < -0.39 is 0 Å². The Morgan fingerprint density at radius 1 is 1.31 bits per heavy atom. The predicted octanol–water partition coefficient (Wildman–Crippen LogP) is 2.38. The Kier molecular flexibility index (Phi) is 5.39. The van der Waals surface area contributed by atoms with Gasteiger partial charge in [0.25, 0.3) is 5.91 Å². The molecule has 1 fully saturated rings. The third-order valence-electron chi connectivity index (χ3n) is 4.23. The van der Waals surface area contributed by atoms with Gasteiger partial charge in [-0.2, -0.15) is 5.10 Å². The molecule has 8 heteroatoms. The van der Waals surface area contributed by atoms with Crippen LogP contribution in [-0.2, 0) is 0 Å². The minimum absolute atomic E-state index is 0. The quantitative estimate of drug-likeness (QED) is 0.762. The van der Waals surface area contributed by atoms with Gasteiger partial charge in [-0.05, 0) is 19.1 Å². The van der Waals surface area contributed by atoms with Gasteiger partial charge in [-0.3, -0.25) is 4.79 Å². The molecule has 1 amide bonds. The molecular weight excluding hydrogens is 354 g/mol. The maximum absolute atomic E-state index is 12.6. The van der Waals surface area contributed by atoms with E-state index in [0.29, 0.717) is 24.7 Å². The summed E-state index contributed by atoms with van der Waals surface area (Å²) in [6.45, 7) is 4.21. The first kappa shape index (κ1) is 18.2. The molecule has 0 spiro atoms. The van der Waals surface area contributed by atoms with E-state index in [1.165, 1.54) is 6.26 Å². The fraction of sp³-hybridized carbons (Fsp3) is 0.278. The van der Waals surface area contributed by atoms with Crippen LogP contribution in [0.4, 0.5) is 0 Å². The highest BCUT2D eigenvalue weighted by Crippen LogP contribution is 2.20. The second-order valence-corrected chi connectivity index (χ2v) is 6.15. The van der Waals surface area contributed by atoms with Crippen LogP contribution in [0.15, 0.2) is 53.4 Å². The minimum atomic E-state index is -0.0983. The van der Waals surface area contributed by atoms with E-state index in [0.717, 1.165) is 17.8 Å². The third-order valence-corrected chi connectivity index (χ3v) is 4.23. The van der Waals surface area contributed by atoms with E-state index in [1.54, 1.807) is 15.8 Å². The summed E-state index contributed by atoms with van der Waals surface area (Å²) in [7, 11) is 0. The van der Waals surface area contributed by atoms with Gasteiger partial charge >= 0.3 is 0 Å². The number of oxazole rings is 1. The lowest BCUT2D eigenvalue weighted by molar-refractivity contribution is 0.0703. The zero-order valence-electron chi connectivity index (χ0n) is 14.3. The van der Waals surface area contributed by atoms with E-state index in [4.69, 9.17) is 4.42 Å². The number of rotatable bonds is 3. The molecule has 1 atom stereocenters. The van der Waals surface area contributed by atoms with Crippen molar-refractivity contribution in [1.82, 2.24) is 25.0 Å². The van der Waals surface area contributed by atoms with Gasteiger partial charge in [-0.25, -0.2) is 9.67 Å². The maximum atomic E-state index is 12.6. The second kappa shape index (κ2) is 7.72. The van der Waals surface area contributed by atoms with E-state index in [1.807, 2.05) is 36.5 Å². The van der Waals surface area contributed by atoms with Gasteiger partial charge in [0.2, 0.25) is 5.89 Å². The molecule has 136 valence electrons. The van der Waals surface area contributed by atoms with Crippen LogP contribution in [0.1, 0.15) is 17.4 Å². The van der Waals surface area contributed by atoms with Crippen LogP contribution in [0.5, 0.6) is 0 Å². The summed E-state index contributed by atoms with van der Waals surface area (Å²) in [6, 6.07) is 10.1. The predicted molar refractivity (Wildman–Crippen MR) is 99.7 cm³/mol. The molecule has 1 saturated heterocycles. The average molecular weight is 374 g/mol. The zero-order chi connectivity index (χ0) is 17.2. The molecule has 0 radical (unpaired) electrons. The first-order chi connectivity index (χ1) is 12.2. The number of piperazine rings is 1. The van der Waals surface area contributed by atoms with Crippen LogP contribution >= 0.6 is 12.4 Å². The Bertz CT molecular complexity index is 877. The summed E-state index contributed by atoms with van der Waals surface area (Å²) < 4.78 is 7.26. The standard InChI is InChI=1S/C18H19N5O2.ClH/c1-13-10-22(8-7-19-13)18(24)16-12-25-17(21-16)14-9-20-23(11-14)15-5-3-2-4-6-15;/h2-6,9,11-13,19H,7-8,10H2,1H3;1H/t13-;/m0./s1. The summed E-state index contributed by atoms with van der Waals surface area (Å²) >= 11 is 0. The number of halogens is 1.